The third-order valence-electron chi connectivity index (χ3n) is 2.39. The quantitative estimate of drug-likeness (QED) is 0.888. The molecule has 0 spiro atoms. The Hall–Kier alpha value is -1.04. The number of hydrogen-bond acceptors (Lipinski definition) is 4. The molecule has 0 aliphatic carbocycles. The summed E-state index contributed by atoms with van der Waals surface area (Å²) in [6.45, 7) is 0.459. The van der Waals surface area contributed by atoms with Crippen molar-refractivity contribution in [3.63, 3.8) is 0 Å². The molecule has 5 heteroatoms. The number of nitrogens with two attached hydrogens (primary N) is 1. The van der Waals surface area contributed by atoms with Crippen molar-refractivity contribution in [3.8, 4) is 0 Å². The molecule has 0 bridgehead atoms. The number of thiazole rings is 1. The average molecular weight is 240 g/mol. The second-order valence-corrected chi connectivity index (χ2v) is 4.63. The SMILES string of the molecule is COC(CN)Cc1nc2ccc(F)cc2s1. The van der Waals surface area contributed by atoms with Gasteiger partial charge in [-0.15, -0.1) is 11.3 Å². The lowest BCUT2D eigenvalue weighted by molar-refractivity contribution is 0.110. The van der Waals surface area contributed by atoms with Crippen molar-refractivity contribution in [1.82, 2.24) is 4.98 Å². The summed E-state index contributed by atoms with van der Waals surface area (Å²) in [7, 11) is 1.63. The highest BCUT2D eigenvalue weighted by Gasteiger charge is 2.10. The highest BCUT2D eigenvalue weighted by Crippen LogP contribution is 2.23. The second kappa shape index (κ2) is 4.86. The number of aromatic nitrogens is 1. The molecule has 0 saturated heterocycles. The highest BCUT2D eigenvalue weighted by molar-refractivity contribution is 7.18. The van der Waals surface area contributed by atoms with E-state index in [1.54, 1.807) is 13.2 Å². The molecule has 0 radical (unpaired) electrons. The van der Waals surface area contributed by atoms with Crippen molar-refractivity contribution in [3.05, 3.63) is 29.0 Å². The lowest BCUT2D eigenvalue weighted by atomic mass is 10.2. The van der Waals surface area contributed by atoms with Gasteiger partial charge in [0.25, 0.3) is 0 Å². The van der Waals surface area contributed by atoms with Gasteiger partial charge in [-0.05, 0) is 18.2 Å². The van der Waals surface area contributed by atoms with Crippen molar-refractivity contribution in [2.75, 3.05) is 13.7 Å². The molecule has 86 valence electrons. The first kappa shape index (κ1) is 11.4. The minimum absolute atomic E-state index is 0.0228. The zero-order valence-corrected chi connectivity index (χ0v) is 9.76. The smallest absolute Gasteiger partial charge is 0.124 e. The van der Waals surface area contributed by atoms with Crippen LogP contribution in [0, 0.1) is 5.82 Å². The molecule has 2 rings (SSSR count). The fourth-order valence-electron chi connectivity index (χ4n) is 1.49. The van der Waals surface area contributed by atoms with Crippen LogP contribution in [-0.4, -0.2) is 24.7 Å². The summed E-state index contributed by atoms with van der Waals surface area (Å²) < 4.78 is 19.0. The zero-order valence-electron chi connectivity index (χ0n) is 8.94. The Bertz CT molecular complexity index is 482. The maximum atomic E-state index is 13.0. The Morgan fingerprint density at radius 3 is 3.06 bits per heavy atom. The van der Waals surface area contributed by atoms with Crippen LogP contribution in [0.15, 0.2) is 18.2 Å². The molecule has 2 N–H and O–H groups in total. The molecule has 0 aliphatic rings. The Morgan fingerprint density at radius 1 is 1.56 bits per heavy atom. The Labute approximate surface area is 97.1 Å². The first-order valence-corrected chi connectivity index (χ1v) is 5.82. The topological polar surface area (TPSA) is 48.1 Å². The summed E-state index contributed by atoms with van der Waals surface area (Å²) in [4.78, 5) is 4.41. The number of nitrogens with zero attached hydrogens (tertiary/aromatic N) is 1. The Kier molecular flexibility index (Phi) is 3.48. The van der Waals surface area contributed by atoms with Crippen molar-refractivity contribution < 1.29 is 9.13 Å². The van der Waals surface area contributed by atoms with E-state index in [9.17, 15) is 4.39 Å². The normalized spacial score (nSPS) is 13.2. The number of methoxy groups -OCH3 is 1. The van der Waals surface area contributed by atoms with E-state index in [1.165, 1.54) is 23.5 Å². The molecule has 0 aliphatic heterocycles. The van der Waals surface area contributed by atoms with Gasteiger partial charge < -0.3 is 10.5 Å². The number of benzene rings is 1. The molecule has 1 heterocycles. The maximum Gasteiger partial charge on any atom is 0.124 e. The van der Waals surface area contributed by atoms with Crippen molar-refractivity contribution in [1.29, 1.82) is 0 Å². The number of hydrogen-bond donors (Lipinski definition) is 1. The van der Waals surface area contributed by atoms with Gasteiger partial charge in [-0.25, -0.2) is 9.37 Å². The van der Waals surface area contributed by atoms with Crippen molar-refractivity contribution in [2.45, 2.75) is 12.5 Å². The summed E-state index contributed by atoms with van der Waals surface area (Å²) in [5, 5.41) is 0.929. The summed E-state index contributed by atoms with van der Waals surface area (Å²) in [6, 6.07) is 4.61. The molecule has 1 aromatic carbocycles. The van der Waals surface area contributed by atoms with Gasteiger partial charge in [0.1, 0.15) is 5.82 Å². The molecular formula is C11H13FN2OS. The van der Waals surface area contributed by atoms with E-state index in [1.807, 2.05) is 0 Å². The summed E-state index contributed by atoms with van der Waals surface area (Å²) >= 11 is 1.48. The van der Waals surface area contributed by atoms with Crippen LogP contribution in [0.4, 0.5) is 4.39 Å². The fourth-order valence-corrected chi connectivity index (χ4v) is 2.55. The van der Waals surface area contributed by atoms with Gasteiger partial charge in [-0.2, -0.15) is 0 Å². The second-order valence-electron chi connectivity index (χ2n) is 3.52. The molecule has 0 amide bonds. The molecule has 16 heavy (non-hydrogen) atoms. The van der Waals surface area contributed by atoms with Crippen LogP contribution in [0.2, 0.25) is 0 Å². The van der Waals surface area contributed by atoms with Gasteiger partial charge in [-0.1, -0.05) is 0 Å². The third-order valence-corrected chi connectivity index (χ3v) is 3.43. The molecule has 2 aromatic rings. The summed E-state index contributed by atoms with van der Waals surface area (Å²) in [5.74, 6) is -0.232. The van der Waals surface area contributed by atoms with E-state index < -0.39 is 0 Å². The molecule has 0 fully saturated rings. The average Bonchev–Trinajstić information content (AvgIpc) is 2.67. The van der Waals surface area contributed by atoms with E-state index >= 15 is 0 Å². The largest absolute Gasteiger partial charge is 0.380 e. The van der Waals surface area contributed by atoms with Crippen LogP contribution < -0.4 is 5.73 Å². The van der Waals surface area contributed by atoms with Gasteiger partial charge in [0.15, 0.2) is 0 Å². The monoisotopic (exact) mass is 240 g/mol. The van der Waals surface area contributed by atoms with E-state index in [-0.39, 0.29) is 11.9 Å². The van der Waals surface area contributed by atoms with Gasteiger partial charge in [0, 0.05) is 20.1 Å². The maximum absolute atomic E-state index is 13.0. The van der Waals surface area contributed by atoms with Gasteiger partial charge in [0.05, 0.1) is 21.3 Å². The Balaban J connectivity index is 2.25. The zero-order chi connectivity index (χ0) is 11.5. The lowest BCUT2D eigenvalue weighted by Gasteiger charge is -2.09. The Morgan fingerprint density at radius 2 is 2.38 bits per heavy atom. The van der Waals surface area contributed by atoms with E-state index in [4.69, 9.17) is 10.5 Å². The van der Waals surface area contributed by atoms with Crippen LogP contribution >= 0.6 is 11.3 Å². The number of fused-ring (bicyclic) bond motifs is 1. The molecule has 1 aromatic heterocycles. The van der Waals surface area contributed by atoms with E-state index in [0.29, 0.717) is 13.0 Å². The van der Waals surface area contributed by atoms with Crippen LogP contribution in [0.25, 0.3) is 10.2 Å². The van der Waals surface area contributed by atoms with Gasteiger partial charge in [0.2, 0.25) is 0 Å². The van der Waals surface area contributed by atoms with Crippen LogP contribution in [0.5, 0.6) is 0 Å². The van der Waals surface area contributed by atoms with Gasteiger partial charge >= 0.3 is 0 Å². The van der Waals surface area contributed by atoms with E-state index in [2.05, 4.69) is 4.98 Å². The molecule has 1 unspecified atom stereocenters. The highest BCUT2D eigenvalue weighted by atomic mass is 32.1. The van der Waals surface area contributed by atoms with Crippen LogP contribution in [0.3, 0.4) is 0 Å². The minimum atomic E-state index is -0.232. The predicted molar refractivity (Wildman–Crippen MR) is 63.1 cm³/mol. The molecule has 1 atom stereocenters. The number of rotatable bonds is 4. The number of ether oxygens (including phenoxy) is 1. The molecule has 3 nitrogen and oxygen atoms in total. The fraction of sp³-hybridized carbons (Fsp3) is 0.364. The minimum Gasteiger partial charge on any atom is -0.380 e. The van der Waals surface area contributed by atoms with Crippen molar-refractivity contribution in [2.24, 2.45) is 5.73 Å². The summed E-state index contributed by atoms with van der Waals surface area (Å²) in [6.07, 6.45) is 0.652. The van der Waals surface area contributed by atoms with Gasteiger partial charge in [-0.3, -0.25) is 0 Å². The third kappa shape index (κ3) is 2.37. The van der Waals surface area contributed by atoms with Crippen LogP contribution in [-0.2, 0) is 11.2 Å². The predicted octanol–water partition coefficient (Wildman–Crippen LogP) is 1.95. The first-order chi connectivity index (χ1) is 7.72. The van der Waals surface area contributed by atoms with E-state index in [0.717, 1.165) is 15.2 Å². The molecule has 0 saturated carbocycles. The first-order valence-electron chi connectivity index (χ1n) is 5.00. The number of halogens is 1. The lowest BCUT2D eigenvalue weighted by Crippen LogP contribution is -2.24. The molecular weight excluding hydrogens is 227 g/mol. The standard InChI is InChI=1S/C11H13FN2OS/c1-15-8(6-13)5-11-14-9-3-2-7(12)4-10(9)16-11/h2-4,8H,5-6,13H2,1H3. The van der Waals surface area contributed by atoms with Crippen molar-refractivity contribution >= 4 is 21.6 Å². The van der Waals surface area contributed by atoms with Crippen LogP contribution in [0.1, 0.15) is 5.01 Å². The summed E-state index contributed by atoms with van der Waals surface area (Å²) in [5.41, 5.74) is 6.37.